The van der Waals surface area contributed by atoms with Gasteiger partial charge in [-0.15, -0.1) is 0 Å². The summed E-state index contributed by atoms with van der Waals surface area (Å²) in [6, 6.07) is -1.17. The zero-order valence-electron chi connectivity index (χ0n) is 11.9. The Hall–Kier alpha value is -1.21. The largest absolute Gasteiger partial charge is 0.379 e. The van der Waals surface area contributed by atoms with Crippen LogP contribution in [0.15, 0.2) is 12.3 Å². The molecule has 0 saturated carbocycles. The van der Waals surface area contributed by atoms with Gasteiger partial charge in [-0.3, -0.25) is 9.59 Å². The van der Waals surface area contributed by atoms with Crippen molar-refractivity contribution in [2.75, 3.05) is 25.6 Å². The van der Waals surface area contributed by atoms with Crippen molar-refractivity contribution in [2.45, 2.75) is 19.0 Å². The molecule has 0 aromatic heterocycles. The van der Waals surface area contributed by atoms with Crippen LogP contribution in [0.3, 0.4) is 0 Å². The third kappa shape index (κ3) is 6.51. The van der Waals surface area contributed by atoms with E-state index in [-0.39, 0.29) is 5.91 Å². The highest BCUT2D eigenvalue weighted by molar-refractivity contribution is 7.98. The second-order valence-corrected chi connectivity index (χ2v) is 4.57. The van der Waals surface area contributed by atoms with Crippen LogP contribution in [0.1, 0.15) is 6.92 Å². The summed E-state index contributed by atoms with van der Waals surface area (Å²) in [5.41, 5.74) is 1.80. The Morgan fingerprint density at radius 1 is 1.50 bits per heavy atom. The Labute approximate surface area is 114 Å². The lowest BCUT2D eigenvalue weighted by atomic mass is 10.2. The highest BCUT2D eigenvalue weighted by atomic mass is 32.2. The van der Waals surface area contributed by atoms with E-state index in [4.69, 9.17) is 1.41 Å². The van der Waals surface area contributed by atoms with Gasteiger partial charge in [0.25, 0.3) is 0 Å². The third-order valence-corrected chi connectivity index (χ3v) is 2.82. The minimum atomic E-state index is -0.702. The van der Waals surface area contributed by atoms with Gasteiger partial charge in [-0.05, 0) is 26.4 Å². The second-order valence-electron chi connectivity index (χ2n) is 3.66. The van der Waals surface area contributed by atoms with Crippen LogP contribution in [-0.2, 0) is 9.59 Å². The van der Waals surface area contributed by atoms with E-state index < -0.39 is 18.0 Å². The Bertz CT molecular complexity index is 315. The molecule has 0 aliphatic carbocycles. The predicted molar refractivity (Wildman–Crippen MR) is 75.2 cm³/mol. The van der Waals surface area contributed by atoms with E-state index in [9.17, 15) is 9.59 Å². The molecule has 104 valence electrons. The number of thioether (sulfide) groups is 1. The molecule has 7 heteroatoms. The standard InChI is InChI=1S/C11H22N4O2S/c1-4-5-14-8(6-13-2)11(17)15-9(7-18-3)10(12)16/h4-5,8-9,13-14H,6-7H2,1-3H3,(H2,12,16)(H,15,17)/t8-,9-/m0/s1/i/hT. The van der Waals surface area contributed by atoms with Gasteiger partial charge in [0, 0.05) is 12.3 Å². The maximum absolute atomic E-state index is 12.0. The van der Waals surface area contributed by atoms with Gasteiger partial charge < -0.3 is 21.7 Å². The summed E-state index contributed by atoms with van der Waals surface area (Å²) < 4.78 is 6.86. The van der Waals surface area contributed by atoms with E-state index in [1.807, 2.05) is 13.2 Å². The molecule has 0 unspecified atom stereocenters. The zero-order chi connectivity index (χ0) is 14.7. The van der Waals surface area contributed by atoms with Gasteiger partial charge in [0.1, 0.15) is 12.1 Å². The fourth-order valence-electron chi connectivity index (χ4n) is 1.27. The van der Waals surface area contributed by atoms with Crippen molar-refractivity contribution in [1.29, 1.82) is 0 Å². The number of likely N-dealkylation sites (N-methyl/N-ethyl adjacent to an activating group) is 1. The first kappa shape index (κ1) is 14.8. The minimum Gasteiger partial charge on any atom is -0.379 e. The minimum absolute atomic E-state index is 0.282. The van der Waals surface area contributed by atoms with Gasteiger partial charge >= 0.3 is 0 Å². The number of allylic oxidation sites excluding steroid dienone is 1. The molecule has 0 aliphatic rings. The first-order chi connectivity index (χ1) is 9.10. The average molecular weight is 276 g/mol. The summed E-state index contributed by atoms with van der Waals surface area (Å²) in [7, 11) is 1.74. The molecule has 0 aromatic rings. The van der Waals surface area contributed by atoms with E-state index in [0.29, 0.717) is 12.3 Å². The van der Waals surface area contributed by atoms with Crippen LogP contribution < -0.4 is 21.7 Å². The molecular weight excluding hydrogens is 252 g/mol. The van der Waals surface area contributed by atoms with Gasteiger partial charge in [-0.2, -0.15) is 11.8 Å². The van der Waals surface area contributed by atoms with Crippen LogP contribution >= 0.6 is 11.8 Å². The number of carbonyl (C=O) groups excluding carboxylic acids is 2. The predicted octanol–water partition coefficient (Wildman–Crippen LogP) is -0.969. The third-order valence-electron chi connectivity index (χ3n) is 2.16. The molecule has 0 spiro atoms. The van der Waals surface area contributed by atoms with E-state index in [0.717, 1.165) is 0 Å². The Balaban J connectivity index is 4.59. The lowest BCUT2D eigenvalue weighted by Gasteiger charge is -2.20. The van der Waals surface area contributed by atoms with E-state index in [1.165, 1.54) is 11.8 Å². The van der Waals surface area contributed by atoms with Gasteiger partial charge in [0.05, 0.1) is 0 Å². The molecule has 2 atom stereocenters. The highest BCUT2D eigenvalue weighted by Crippen LogP contribution is 1.97. The number of amides is 2. The lowest BCUT2D eigenvalue weighted by molar-refractivity contribution is -0.127. The molecule has 6 nitrogen and oxygen atoms in total. The molecule has 0 rings (SSSR count). The first-order valence-corrected chi connectivity index (χ1v) is 7.02. The maximum atomic E-state index is 12.0. The molecular formula is C11H22N4O2S. The Morgan fingerprint density at radius 3 is 2.72 bits per heavy atom. The molecule has 0 aromatic carbocycles. The van der Waals surface area contributed by atoms with Gasteiger partial charge in [0.2, 0.25) is 11.8 Å². The lowest BCUT2D eigenvalue weighted by Crippen LogP contribution is -2.54. The SMILES string of the molecule is [3H]NC(=O)[C@H](CSC)NC(=O)[C@H](CNC)NC=CC. The van der Waals surface area contributed by atoms with Crippen LogP contribution in [0.4, 0.5) is 0 Å². The zero-order valence-corrected chi connectivity index (χ0v) is 11.8. The van der Waals surface area contributed by atoms with Crippen LogP contribution in [-0.4, -0.2) is 49.5 Å². The van der Waals surface area contributed by atoms with E-state index in [1.54, 1.807) is 25.1 Å². The number of carbonyl (C=O) groups is 2. The number of primary amides is 1. The van der Waals surface area contributed by atoms with Crippen molar-refractivity contribution in [3.05, 3.63) is 12.3 Å². The molecule has 18 heavy (non-hydrogen) atoms. The van der Waals surface area contributed by atoms with Gasteiger partial charge in [-0.25, -0.2) is 0 Å². The molecule has 0 fully saturated rings. The molecule has 0 radical (unpaired) electrons. The van der Waals surface area contributed by atoms with Gasteiger partial charge in [0.15, 0.2) is 1.41 Å². The second kappa shape index (κ2) is 9.78. The van der Waals surface area contributed by atoms with Crippen molar-refractivity contribution >= 4 is 23.6 Å². The van der Waals surface area contributed by atoms with E-state index in [2.05, 4.69) is 16.0 Å². The smallest absolute Gasteiger partial charge is 0.244 e. The highest BCUT2D eigenvalue weighted by Gasteiger charge is 2.22. The maximum Gasteiger partial charge on any atom is 0.244 e. The first-order valence-electron chi connectivity index (χ1n) is 6.13. The van der Waals surface area contributed by atoms with Crippen molar-refractivity contribution in [3.8, 4) is 0 Å². The summed E-state index contributed by atoms with van der Waals surface area (Å²) in [6.07, 6.45) is 5.29. The summed E-state index contributed by atoms with van der Waals surface area (Å²) in [6.45, 7) is 2.27. The van der Waals surface area contributed by atoms with Crippen molar-refractivity contribution < 1.29 is 11.0 Å². The van der Waals surface area contributed by atoms with Crippen molar-refractivity contribution in [3.63, 3.8) is 0 Å². The van der Waals surface area contributed by atoms with Crippen LogP contribution in [0, 0.1) is 0 Å². The van der Waals surface area contributed by atoms with E-state index >= 15 is 0 Å². The van der Waals surface area contributed by atoms with Crippen LogP contribution in [0.25, 0.3) is 0 Å². The Kier molecular flexibility index (Phi) is 8.07. The summed E-state index contributed by atoms with van der Waals surface area (Å²) >= 11 is 1.43. The fourth-order valence-corrected chi connectivity index (χ4v) is 1.83. The number of rotatable bonds is 9. The molecule has 0 heterocycles. The fraction of sp³-hybridized carbons (Fsp3) is 0.636. The average Bonchev–Trinajstić information content (AvgIpc) is 2.41. The molecule has 5 N–H and O–H groups in total. The Morgan fingerprint density at radius 2 is 2.22 bits per heavy atom. The number of nitrogens with two attached hydrogens (primary N) is 1. The van der Waals surface area contributed by atoms with Crippen molar-refractivity contribution in [2.24, 2.45) is 5.73 Å². The monoisotopic (exact) mass is 276 g/mol. The summed E-state index contributed by atoms with van der Waals surface area (Å²) in [5.74, 6) is -0.376. The number of nitrogens with one attached hydrogen (secondary N) is 3. The van der Waals surface area contributed by atoms with Crippen molar-refractivity contribution in [1.82, 2.24) is 16.0 Å². The summed E-state index contributed by atoms with van der Waals surface area (Å²) in [5, 5.41) is 8.47. The molecule has 2 amide bonds. The van der Waals surface area contributed by atoms with Gasteiger partial charge in [-0.1, -0.05) is 6.08 Å². The number of hydrogen-bond donors (Lipinski definition) is 4. The topological polar surface area (TPSA) is 96.2 Å². The molecule has 0 bridgehead atoms. The van der Waals surface area contributed by atoms with Crippen LogP contribution in [0.2, 0.25) is 1.41 Å². The quantitative estimate of drug-likeness (QED) is 0.434. The summed E-state index contributed by atoms with van der Waals surface area (Å²) in [4.78, 5) is 23.5. The molecule has 0 saturated heterocycles. The van der Waals surface area contributed by atoms with Crippen LogP contribution in [0.5, 0.6) is 0 Å². The normalized spacial score (nSPS) is 14.7. The molecule has 0 aliphatic heterocycles. The number of hydrogen-bond acceptors (Lipinski definition) is 5.